The average Bonchev–Trinajstić information content (AvgIpc) is 2.93. The Bertz CT molecular complexity index is 631. The number of rotatable bonds is 7. The standard InChI is InChI=1S/C19H24N2O2/c1-22-11-5-10-21-14-15-8-9-17(12-18(15)19(21)13-20)23-16-6-3-2-4-7-16/h2-4,6-9,12,19H,5,10-11,13-14,20H2,1H3. The second kappa shape index (κ2) is 7.59. The third-order valence-corrected chi connectivity index (χ3v) is 4.29. The van der Waals surface area contributed by atoms with Gasteiger partial charge in [-0.1, -0.05) is 24.3 Å². The Hall–Kier alpha value is -1.88. The Morgan fingerprint density at radius 2 is 1.96 bits per heavy atom. The predicted molar refractivity (Wildman–Crippen MR) is 91.7 cm³/mol. The fourth-order valence-electron chi connectivity index (χ4n) is 3.16. The molecule has 0 saturated carbocycles. The number of hydrogen-bond donors (Lipinski definition) is 1. The number of fused-ring (bicyclic) bond motifs is 1. The van der Waals surface area contributed by atoms with E-state index < -0.39 is 0 Å². The predicted octanol–water partition coefficient (Wildman–Crippen LogP) is 3.33. The third kappa shape index (κ3) is 3.72. The number of hydrogen-bond acceptors (Lipinski definition) is 4. The van der Waals surface area contributed by atoms with Gasteiger partial charge in [0, 0.05) is 39.4 Å². The Kier molecular flexibility index (Phi) is 5.28. The van der Waals surface area contributed by atoms with E-state index in [1.807, 2.05) is 36.4 Å². The van der Waals surface area contributed by atoms with E-state index in [4.69, 9.17) is 15.2 Å². The molecule has 2 N–H and O–H groups in total. The quantitative estimate of drug-likeness (QED) is 0.797. The second-order valence-corrected chi connectivity index (χ2v) is 5.84. The number of methoxy groups -OCH3 is 1. The van der Waals surface area contributed by atoms with Crippen molar-refractivity contribution in [2.45, 2.75) is 19.0 Å². The Morgan fingerprint density at radius 3 is 2.70 bits per heavy atom. The molecule has 1 heterocycles. The summed E-state index contributed by atoms with van der Waals surface area (Å²) in [6.45, 7) is 3.35. The molecule has 2 aromatic rings. The summed E-state index contributed by atoms with van der Waals surface area (Å²) >= 11 is 0. The van der Waals surface area contributed by atoms with E-state index in [1.54, 1.807) is 7.11 Å². The van der Waals surface area contributed by atoms with Crippen LogP contribution in [-0.4, -0.2) is 31.7 Å². The van der Waals surface area contributed by atoms with Gasteiger partial charge in [0.05, 0.1) is 0 Å². The minimum absolute atomic E-state index is 0.265. The summed E-state index contributed by atoms with van der Waals surface area (Å²) in [6, 6.07) is 16.5. The highest BCUT2D eigenvalue weighted by molar-refractivity contribution is 5.42. The van der Waals surface area contributed by atoms with E-state index in [0.717, 1.165) is 37.6 Å². The minimum Gasteiger partial charge on any atom is -0.457 e. The lowest BCUT2D eigenvalue weighted by molar-refractivity contribution is 0.156. The van der Waals surface area contributed by atoms with Crippen molar-refractivity contribution in [1.29, 1.82) is 0 Å². The maximum atomic E-state index is 6.03. The van der Waals surface area contributed by atoms with E-state index in [0.29, 0.717) is 6.54 Å². The summed E-state index contributed by atoms with van der Waals surface area (Å²) in [5.74, 6) is 1.72. The molecule has 0 fully saturated rings. The van der Waals surface area contributed by atoms with Crippen LogP contribution >= 0.6 is 0 Å². The first-order chi connectivity index (χ1) is 11.3. The lowest BCUT2D eigenvalue weighted by Gasteiger charge is -2.23. The highest BCUT2D eigenvalue weighted by atomic mass is 16.5. The summed E-state index contributed by atoms with van der Waals surface area (Å²) in [4.78, 5) is 2.43. The van der Waals surface area contributed by atoms with E-state index in [-0.39, 0.29) is 6.04 Å². The molecule has 0 aliphatic carbocycles. The molecule has 122 valence electrons. The van der Waals surface area contributed by atoms with Crippen LogP contribution in [0.4, 0.5) is 0 Å². The lowest BCUT2D eigenvalue weighted by Crippen LogP contribution is -2.29. The first-order valence-electron chi connectivity index (χ1n) is 8.10. The van der Waals surface area contributed by atoms with Crippen LogP contribution in [-0.2, 0) is 11.3 Å². The molecule has 0 saturated heterocycles. The SMILES string of the molecule is COCCCN1Cc2ccc(Oc3ccccc3)cc2C1CN. The summed E-state index contributed by atoms with van der Waals surface area (Å²) in [6.07, 6.45) is 1.02. The van der Waals surface area contributed by atoms with Crippen LogP contribution in [0.15, 0.2) is 48.5 Å². The van der Waals surface area contributed by atoms with Gasteiger partial charge in [0.15, 0.2) is 0 Å². The van der Waals surface area contributed by atoms with Crippen LogP contribution in [0.3, 0.4) is 0 Å². The molecule has 3 rings (SSSR count). The first-order valence-corrected chi connectivity index (χ1v) is 8.10. The van der Waals surface area contributed by atoms with Crippen molar-refractivity contribution in [3.05, 3.63) is 59.7 Å². The Morgan fingerprint density at radius 1 is 1.13 bits per heavy atom. The van der Waals surface area contributed by atoms with Crippen molar-refractivity contribution in [3.8, 4) is 11.5 Å². The molecule has 2 aromatic carbocycles. The van der Waals surface area contributed by atoms with E-state index in [9.17, 15) is 0 Å². The maximum absolute atomic E-state index is 6.03. The summed E-state index contributed by atoms with van der Waals surface area (Å²) in [7, 11) is 1.74. The topological polar surface area (TPSA) is 47.7 Å². The molecule has 1 aliphatic rings. The van der Waals surface area contributed by atoms with Crippen LogP contribution in [0.2, 0.25) is 0 Å². The number of ether oxygens (including phenoxy) is 2. The molecule has 0 radical (unpaired) electrons. The number of benzene rings is 2. The van der Waals surface area contributed by atoms with Gasteiger partial charge in [0.2, 0.25) is 0 Å². The van der Waals surface area contributed by atoms with Gasteiger partial charge in [-0.25, -0.2) is 0 Å². The van der Waals surface area contributed by atoms with Crippen molar-refractivity contribution >= 4 is 0 Å². The molecule has 1 atom stereocenters. The monoisotopic (exact) mass is 312 g/mol. The molecule has 4 heteroatoms. The molecule has 4 nitrogen and oxygen atoms in total. The van der Waals surface area contributed by atoms with Gasteiger partial charge in [-0.2, -0.15) is 0 Å². The van der Waals surface area contributed by atoms with Crippen molar-refractivity contribution in [1.82, 2.24) is 4.90 Å². The van der Waals surface area contributed by atoms with Crippen LogP contribution in [0.5, 0.6) is 11.5 Å². The number of nitrogens with zero attached hydrogens (tertiary/aromatic N) is 1. The van der Waals surface area contributed by atoms with Gasteiger partial charge < -0.3 is 15.2 Å². The average molecular weight is 312 g/mol. The Labute approximate surface area is 137 Å². The molecule has 0 bridgehead atoms. The normalized spacial score (nSPS) is 17.2. The van der Waals surface area contributed by atoms with Crippen molar-refractivity contribution in [2.24, 2.45) is 5.73 Å². The first kappa shape index (κ1) is 16.0. The van der Waals surface area contributed by atoms with Gasteiger partial charge in [-0.3, -0.25) is 4.90 Å². The zero-order valence-electron chi connectivity index (χ0n) is 13.6. The molecular formula is C19H24N2O2. The van der Waals surface area contributed by atoms with Gasteiger partial charge in [-0.05, 0) is 41.8 Å². The molecular weight excluding hydrogens is 288 g/mol. The van der Waals surface area contributed by atoms with Gasteiger partial charge in [-0.15, -0.1) is 0 Å². The van der Waals surface area contributed by atoms with Gasteiger partial charge in [0.1, 0.15) is 11.5 Å². The smallest absolute Gasteiger partial charge is 0.127 e. The zero-order chi connectivity index (χ0) is 16.1. The van der Waals surface area contributed by atoms with Crippen LogP contribution < -0.4 is 10.5 Å². The highest BCUT2D eigenvalue weighted by Gasteiger charge is 2.29. The van der Waals surface area contributed by atoms with Crippen molar-refractivity contribution < 1.29 is 9.47 Å². The van der Waals surface area contributed by atoms with E-state index in [1.165, 1.54) is 11.1 Å². The third-order valence-electron chi connectivity index (χ3n) is 4.29. The highest BCUT2D eigenvalue weighted by Crippen LogP contribution is 2.36. The van der Waals surface area contributed by atoms with Crippen LogP contribution in [0, 0.1) is 0 Å². The summed E-state index contributed by atoms with van der Waals surface area (Å²) < 4.78 is 11.1. The fourth-order valence-corrected chi connectivity index (χ4v) is 3.16. The summed E-state index contributed by atoms with van der Waals surface area (Å²) in [5.41, 5.74) is 8.67. The van der Waals surface area contributed by atoms with Gasteiger partial charge in [0.25, 0.3) is 0 Å². The van der Waals surface area contributed by atoms with Crippen LogP contribution in [0.25, 0.3) is 0 Å². The molecule has 1 aliphatic heterocycles. The Balaban J connectivity index is 1.74. The minimum atomic E-state index is 0.265. The van der Waals surface area contributed by atoms with E-state index in [2.05, 4.69) is 17.0 Å². The molecule has 1 unspecified atom stereocenters. The molecule has 0 spiro atoms. The van der Waals surface area contributed by atoms with E-state index >= 15 is 0 Å². The largest absolute Gasteiger partial charge is 0.457 e. The van der Waals surface area contributed by atoms with Gasteiger partial charge >= 0.3 is 0 Å². The second-order valence-electron chi connectivity index (χ2n) is 5.84. The lowest BCUT2D eigenvalue weighted by atomic mass is 10.0. The molecule has 0 amide bonds. The fraction of sp³-hybridized carbons (Fsp3) is 0.368. The molecule has 23 heavy (non-hydrogen) atoms. The maximum Gasteiger partial charge on any atom is 0.127 e. The molecule has 0 aromatic heterocycles. The zero-order valence-corrected chi connectivity index (χ0v) is 13.6. The van der Waals surface area contributed by atoms with Crippen molar-refractivity contribution in [3.63, 3.8) is 0 Å². The summed E-state index contributed by atoms with van der Waals surface area (Å²) in [5, 5.41) is 0. The number of nitrogens with two attached hydrogens (primary N) is 1. The number of para-hydroxylation sites is 1. The van der Waals surface area contributed by atoms with Crippen LogP contribution in [0.1, 0.15) is 23.6 Å². The van der Waals surface area contributed by atoms with Crippen molar-refractivity contribution in [2.75, 3.05) is 26.8 Å².